The molecule has 0 aliphatic carbocycles. The molecule has 0 bridgehead atoms. The molecule has 0 rings (SSSR count). The Balaban J connectivity index is 4.27. The molecule has 14 heavy (non-hydrogen) atoms. The maximum absolute atomic E-state index is 11.7. The van der Waals surface area contributed by atoms with Gasteiger partial charge in [-0.3, -0.25) is 4.79 Å². The lowest BCUT2D eigenvalue weighted by atomic mass is 10.3. The van der Waals surface area contributed by atoms with Crippen molar-refractivity contribution in [2.75, 3.05) is 14.1 Å². The molecule has 1 amide bonds. The Morgan fingerprint density at radius 2 is 1.71 bits per heavy atom. The van der Waals surface area contributed by atoms with Gasteiger partial charge in [0.2, 0.25) is 0 Å². The van der Waals surface area contributed by atoms with E-state index in [9.17, 15) is 22.8 Å². The standard InChI is InChI=1S/C7H10F3NO3/c1-4(5(12)11(2)3)14-6(13)7(8,9)10/h4H,1-3H3/t4-/m1/s1. The minimum Gasteiger partial charge on any atom is -0.446 e. The Morgan fingerprint density at radius 1 is 1.29 bits per heavy atom. The van der Waals surface area contributed by atoms with Gasteiger partial charge in [-0.25, -0.2) is 4.79 Å². The van der Waals surface area contributed by atoms with Crippen molar-refractivity contribution in [2.24, 2.45) is 0 Å². The van der Waals surface area contributed by atoms with Crippen molar-refractivity contribution in [2.45, 2.75) is 19.2 Å². The fourth-order valence-electron chi connectivity index (χ4n) is 0.641. The van der Waals surface area contributed by atoms with E-state index in [1.807, 2.05) is 0 Å². The highest BCUT2D eigenvalue weighted by Crippen LogP contribution is 2.17. The Kier molecular flexibility index (Phi) is 3.91. The molecule has 0 aliphatic heterocycles. The number of alkyl halides is 3. The number of ether oxygens (including phenoxy) is 1. The van der Waals surface area contributed by atoms with Crippen LogP contribution in [0, 0.1) is 0 Å². The summed E-state index contributed by atoms with van der Waals surface area (Å²) in [6.45, 7) is 1.08. The molecule has 1 atom stereocenters. The minimum atomic E-state index is -5.07. The topological polar surface area (TPSA) is 46.6 Å². The summed E-state index contributed by atoms with van der Waals surface area (Å²) in [5.41, 5.74) is 0. The van der Waals surface area contributed by atoms with Gasteiger partial charge in [-0.1, -0.05) is 0 Å². The van der Waals surface area contributed by atoms with Gasteiger partial charge in [-0.2, -0.15) is 13.2 Å². The highest BCUT2D eigenvalue weighted by atomic mass is 19.4. The van der Waals surface area contributed by atoms with Gasteiger partial charge in [0, 0.05) is 14.1 Å². The van der Waals surface area contributed by atoms with Crippen molar-refractivity contribution in [1.82, 2.24) is 4.90 Å². The molecule has 0 saturated carbocycles. The van der Waals surface area contributed by atoms with Crippen LogP contribution < -0.4 is 0 Å². The van der Waals surface area contributed by atoms with Crippen LogP contribution in [0.3, 0.4) is 0 Å². The summed E-state index contributed by atoms with van der Waals surface area (Å²) in [6, 6.07) is 0. The van der Waals surface area contributed by atoms with Crippen LogP contribution in [0.15, 0.2) is 0 Å². The Bertz CT molecular complexity index is 237. The van der Waals surface area contributed by atoms with Gasteiger partial charge >= 0.3 is 12.1 Å². The molecule has 0 aromatic rings. The molecule has 0 radical (unpaired) electrons. The third-order valence-electron chi connectivity index (χ3n) is 1.30. The van der Waals surface area contributed by atoms with Gasteiger partial charge in [0.05, 0.1) is 0 Å². The molecule has 0 spiro atoms. The quantitative estimate of drug-likeness (QED) is 0.630. The van der Waals surface area contributed by atoms with Gasteiger partial charge in [0.15, 0.2) is 6.10 Å². The summed E-state index contributed by atoms with van der Waals surface area (Å²) < 4.78 is 38.9. The normalized spacial score (nSPS) is 13.3. The van der Waals surface area contributed by atoms with Crippen molar-refractivity contribution >= 4 is 11.9 Å². The van der Waals surface area contributed by atoms with E-state index in [0.717, 1.165) is 11.8 Å². The lowest BCUT2D eigenvalue weighted by Crippen LogP contribution is -2.38. The van der Waals surface area contributed by atoms with Crippen LogP contribution in [0.25, 0.3) is 0 Å². The van der Waals surface area contributed by atoms with Crippen LogP contribution in [0.1, 0.15) is 6.92 Å². The van der Waals surface area contributed by atoms with E-state index in [2.05, 4.69) is 4.74 Å². The Labute approximate surface area is 78.6 Å². The fraction of sp³-hybridized carbons (Fsp3) is 0.714. The van der Waals surface area contributed by atoms with Crippen molar-refractivity contribution in [1.29, 1.82) is 0 Å². The van der Waals surface area contributed by atoms with Crippen molar-refractivity contribution in [3.8, 4) is 0 Å². The molecule has 0 aromatic carbocycles. The predicted molar refractivity (Wildman–Crippen MR) is 40.3 cm³/mol. The molecule has 4 nitrogen and oxygen atoms in total. The zero-order valence-electron chi connectivity index (χ0n) is 7.88. The van der Waals surface area contributed by atoms with Gasteiger partial charge in [0.1, 0.15) is 0 Å². The minimum absolute atomic E-state index is 0.706. The second-order valence-corrected chi connectivity index (χ2v) is 2.78. The second-order valence-electron chi connectivity index (χ2n) is 2.78. The molecule has 0 aliphatic rings. The van der Waals surface area contributed by atoms with Crippen LogP contribution in [0.5, 0.6) is 0 Å². The average molecular weight is 213 g/mol. The number of esters is 1. The molecule has 0 unspecified atom stereocenters. The lowest BCUT2D eigenvalue weighted by Gasteiger charge is -2.17. The van der Waals surface area contributed by atoms with Crippen LogP contribution in [0.2, 0.25) is 0 Å². The number of halogens is 3. The number of nitrogens with zero attached hydrogens (tertiary/aromatic N) is 1. The number of likely N-dealkylation sites (N-methyl/N-ethyl adjacent to an activating group) is 1. The first kappa shape index (κ1) is 12.7. The number of amides is 1. The first-order valence-electron chi connectivity index (χ1n) is 3.65. The van der Waals surface area contributed by atoms with E-state index >= 15 is 0 Å². The summed E-state index contributed by atoms with van der Waals surface area (Å²) >= 11 is 0. The number of hydrogen-bond acceptors (Lipinski definition) is 3. The van der Waals surface area contributed by atoms with E-state index in [1.54, 1.807) is 0 Å². The van der Waals surface area contributed by atoms with Gasteiger partial charge in [-0.05, 0) is 6.92 Å². The molecular weight excluding hydrogens is 203 g/mol. The SMILES string of the molecule is C[C@@H](OC(=O)C(F)(F)F)C(=O)N(C)C. The fourth-order valence-corrected chi connectivity index (χ4v) is 0.641. The summed E-state index contributed by atoms with van der Waals surface area (Å²) in [5, 5.41) is 0. The number of rotatable bonds is 2. The molecule has 0 N–H and O–H groups in total. The Morgan fingerprint density at radius 3 is 2.00 bits per heavy atom. The zero-order chi connectivity index (χ0) is 11.5. The van der Waals surface area contributed by atoms with Gasteiger partial charge in [0.25, 0.3) is 5.91 Å². The molecule has 0 fully saturated rings. The summed E-state index contributed by atoms with van der Waals surface area (Å²) in [7, 11) is 2.69. The van der Waals surface area contributed by atoms with Crippen molar-refractivity contribution < 1.29 is 27.5 Å². The largest absolute Gasteiger partial charge is 0.490 e. The lowest BCUT2D eigenvalue weighted by molar-refractivity contribution is -0.205. The summed E-state index contributed by atoms with van der Waals surface area (Å²) in [5.74, 6) is -3.07. The first-order chi connectivity index (χ1) is 6.16. The van der Waals surface area contributed by atoms with E-state index in [1.165, 1.54) is 14.1 Å². The number of carbonyl (C=O) groups excluding carboxylic acids is 2. The number of carbonyl (C=O) groups is 2. The second kappa shape index (κ2) is 4.30. The average Bonchev–Trinajstić information content (AvgIpc) is 2.00. The van der Waals surface area contributed by atoms with E-state index in [0.29, 0.717) is 0 Å². The van der Waals surface area contributed by atoms with Gasteiger partial charge in [-0.15, -0.1) is 0 Å². The van der Waals surface area contributed by atoms with Crippen molar-refractivity contribution in [3.05, 3.63) is 0 Å². The molecule has 0 saturated heterocycles. The summed E-state index contributed by atoms with van der Waals surface area (Å²) in [6.07, 6.45) is -6.50. The highest BCUT2D eigenvalue weighted by molar-refractivity contribution is 5.84. The zero-order valence-corrected chi connectivity index (χ0v) is 7.88. The molecule has 0 heterocycles. The third kappa shape index (κ3) is 3.63. The Hall–Kier alpha value is -1.27. The predicted octanol–water partition coefficient (Wildman–Crippen LogP) is 0.569. The number of hydrogen-bond donors (Lipinski definition) is 0. The van der Waals surface area contributed by atoms with Crippen LogP contribution >= 0.6 is 0 Å². The first-order valence-corrected chi connectivity index (χ1v) is 3.65. The smallest absolute Gasteiger partial charge is 0.446 e. The van der Waals surface area contributed by atoms with E-state index in [4.69, 9.17) is 0 Å². The van der Waals surface area contributed by atoms with Crippen LogP contribution in [0.4, 0.5) is 13.2 Å². The van der Waals surface area contributed by atoms with Crippen LogP contribution in [-0.4, -0.2) is 43.2 Å². The van der Waals surface area contributed by atoms with E-state index < -0.39 is 24.2 Å². The monoisotopic (exact) mass is 213 g/mol. The highest BCUT2D eigenvalue weighted by Gasteiger charge is 2.42. The molecule has 7 heteroatoms. The van der Waals surface area contributed by atoms with Crippen molar-refractivity contribution in [3.63, 3.8) is 0 Å². The summed E-state index contributed by atoms with van der Waals surface area (Å²) in [4.78, 5) is 22.3. The van der Waals surface area contributed by atoms with E-state index in [-0.39, 0.29) is 0 Å². The maximum Gasteiger partial charge on any atom is 0.490 e. The maximum atomic E-state index is 11.7. The third-order valence-corrected chi connectivity index (χ3v) is 1.30. The molecular formula is C7H10F3NO3. The molecule has 82 valence electrons. The molecule has 0 aromatic heterocycles. The van der Waals surface area contributed by atoms with Crippen LogP contribution in [-0.2, 0) is 14.3 Å². The van der Waals surface area contributed by atoms with Gasteiger partial charge < -0.3 is 9.64 Å².